The lowest BCUT2D eigenvalue weighted by atomic mass is 9.98. The first-order valence-electron chi connectivity index (χ1n) is 10.7. The van der Waals surface area contributed by atoms with Crippen LogP contribution in [0.25, 0.3) is 5.57 Å². The molecule has 0 radical (unpaired) electrons. The summed E-state index contributed by atoms with van der Waals surface area (Å²) in [6, 6.07) is 11.8. The number of methoxy groups -OCH3 is 1. The van der Waals surface area contributed by atoms with Crippen LogP contribution >= 0.6 is 0 Å². The van der Waals surface area contributed by atoms with Crippen LogP contribution in [0.4, 0.5) is 26.5 Å². The van der Waals surface area contributed by atoms with Gasteiger partial charge in [-0.1, -0.05) is 0 Å². The minimum absolute atomic E-state index is 0.00934. The third kappa shape index (κ3) is 7.26. The van der Waals surface area contributed by atoms with E-state index in [1.54, 1.807) is 49.7 Å². The van der Waals surface area contributed by atoms with E-state index < -0.39 is 11.8 Å². The fraction of sp³-hybridized carbons (Fsp3) is 0.200. The normalized spacial score (nSPS) is 11.5. The molecule has 0 spiro atoms. The number of aromatic nitrogens is 2. The van der Waals surface area contributed by atoms with Gasteiger partial charge >= 0.3 is 6.03 Å². The average molecular weight is 478 g/mol. The van der Waals surface area contributed by atoms with Gasteiger partial charge in [-0.05, 0) is 74.9 Å². The molecule has 3 rings (SSSR count). The lowest BCUT2D eigenvalue weighted by molar-refractivity contribution is 0.262. The van der Waals surface area contributed by atoms with Crippen molar-refractivity contribution in [2.45, 2.75) is 26.3 Å². The number of nitrogens with two attached hydrogens (primary N) is 1. The summed E-state index contributed by atoms with van der Waals surface area (Å²) in [4.78, 5) is 20.5. The van der Waals surface area contributed by atoms with Gasteiger partial charge in [-0.2, -0.15) is 0 Å². The van der Waals surface area contributed by atoms with Crippen molar-refractivity contribution in [1.82, 2.24) is 15.3 Å². The summed E-state index contributed by atoms with van der Waals surface area (Å²) in [5, 5.41) is 17.2. The highest BCUT2D eigenvalue weighted by molar-refractivity contribution is 6.29. The quantitative estimate of drug-likeness (QED) is 0.314. The first-order valence-corrected chi connectivity index (χ1v) is 10.7. The lowest BCUT2D eigenvalue weighted by Crippen LogP contribution is -2.32. The molecule has 10 heteroatoms. The molecule has 9 nitrogen and oxygen atoms in total. The molecule has 3 aromatic rings. The van der Waals surface area contributed by atoms with Crippen molar-refractivity contribution in [2.75, 3.05) is 23.5 Å². The third-order valence-electron chi connectivity index (χ3n) is 4.66. The molecule has 2 amide bonds. The van der Waals surface area contributed by atoms with Gasteiger partial charge in [-0.3, -0.25) is 5.41 Å². The van der Waals surface area contributed by atoms with Crippen LogP contribution in [0.1, 0.15) is 32.0 Å². The number of allylic oxidation sites excluding steroid dienone is 1. The standard InChI is InChI=1S/C25H28FN7O2/c1-25(2,3)30-14-20(22(27)21-9-10-29-23(28)33-21)15-11-16(26)13-18(12-15)32-24(34)31-17-5-7-19(35-4)8-6-17/h5-14,27,30H,1-4H3,(H2,28,29,33)(H2,31,32,34)/b20-14-,27-22?. The summed E-state index contributed by atoms with van der Waals surface area (Å²) >= 11 is 0. The number of amides is 2. The second kappa shape index (κ2) is 10.6. The summed E-state index contributed by atoms with van der Waals surface area (Å²) in [5.41, 5.74) is 7.12. The Bertz CT molecular complexity index is 1250. The number of nitrogens with one attached hydrogen (secondary N) is 4. The van der Waals surface area contributed by atoms with Crippen LogP contribution in [-0.4, -0.2) is 34.4 Å². The molecule has 0 saturated heterocycles. The number of anilines is 3. The highest BCUT2D eigenvalue weighted by Gasteiger charge is 2.17. The Morgan fingerprint density at radius 3 is 2.40 bits per heavy atom. The highest BCUT2D eigenvalue weighted by atomic mass is 19.1. The Hall–Kier alpha value is -4.47. The van der Waals surface area contributed by atoms with Crippen LogP contribution in [0.3, 0.4) is 0 Å². The first kappa shape index (κ1) is 25.2. The third-order valence-corrected chi connectivity index (χ3v) is 4.66. The van der Waals surface area contributed by atoms with Crippen molar-refractivity contribution >= 4 is 34.6 Å². The molecule has 0 unspecified atom stereocenters. The Morgan fingerprint density at radius 2 is 1.77 bits per heavy atom. The van der Waals surface area contributed by atoms with Crippen LogP contribution in [0.15, 0.2) is 60.9 Å². The SMILES string of the molecule is COc1ccc(NC(=O)Nc2cc(F)cc(/C(=C/NC(C)(C)C)C(=N)c3ccnc(N)n3)c2)cc1. The molecular weight excluding hydrogens is 449 g/mol. The molecule has 2 aromatic carbocycles. The fourth-order valence-electron chi connectivity index (χ4n) is 3.02. The first-order chi connectivity index (χ1) is 16.5. The number of nitrogen functional groups attached to an aromatic ring is 1. The number of nitrogens with zero attached hydrogens (tertiary/aromatic N) is 2. The summed E-state index contributed by atoms with van der Waals surface area (Å²) in [5.74, 6) is 0.0906. The van der Waals surface area contributed by atoms with Crippen molar-refractivity contribution in [3.63, 3.8) is 0 Å². The highest BCUT2D eigenvalue weighted by Crippen LogP contribution is 2.25. The van der Waals surface area contributed by atoms with Gasteiger partial charge in [-0.25, -0.2) is 19.2 Å². The van der Waals surface area contributed by atoms with Crippen LogP contribution in [-0.2, 0) is 0 Å². The molecule has 35 heavy (non-hydrogen) atoms. The van der Waals surface area contributed by atoms with Gasteiger partial charge in [0.25, 0.3) is 0 Å². The Labute approximate surface area is 203 Å². The zero-order valence-electron chi connectivity index (χ0n) is 19.9. The molecule has 0 fully saturated rings. The molecule has 6 N–H and O–H groups in total. The second-order valence-electron chi connectivity index (χ2n) is 8.66. The van der Waals surface area contributed by atoms with Gasteiger partial charge in [0.15, 0.2) is 0 Å². The van der Waals surface area contributed by atoms with E-state index in [-0.39, 0.29) is 28.6 Å². The van der Waals surface area contributed by atoms with E-state index >= 15 is 0 Å². The van der Waals surface area contributed by atoms with Gasteiger partial charge in [0, 0.05) is 34.9 Å². The number of carbonyl (C=O) groups excluding carboxylic acids is 1. The minimum atomic E-state index is -0.584. The van der Waals surface area contributed by atoms with Crippen LogP contribution in [0.2, 0.25) is 0 Å². The van der Waals surface area contributed by atoms with E-state index in [0.29, 0.717) is 22.6 Å². The zero-order chi connectivity index (χ0) is 25.6. The van der Waals surface area contributed by atoms with Gasteiger partial charge in [0.1, 0.15) is 11.6 Å². The number of ether oxygens (including phenoxy) is 1. The number of hydrogen-bond donors (Lipinski definition) is 5. The summed E-state index contributed by atoms with van der Waals surface area (Å²) < 4.78 is 19.7. The largest absolute Gasteiger partial charge is 0.497 e. The molecule has 1 heterocycles. The van der Waals surface area contributed by atoms with Gasteiger partial charge in [0.05, 0.1) is 18.5 Å². The van der Waals surface area contributed by atoms with E-state index in [9.17, 15) is 9.18 Å². The summed E-state index contributed by atoms with van der Waals surface area (Å²) in [7, 11) is 1.55. The van der Waals surface area contributed by atoms with Crippen LogP contribution < -0.4 is 26.4 Å². The molecule has 0 saturated carbocycles. The lowest BCUT2D eigenvalue weighted by Gasteiger charge is -2.21. The summed E-state index contributed by atoms with van der Waals surface area (Å²) in [6.45, 7) is 5.86. The second-order valence-corrected chi connectivity index (χ2v) is 8.66. The summed E-state index contributed by atoms with van der Waals surface area (Å²) in [6.07, 6.45) is 3.07. The Kier molecular flexibility index (Phi) is 7.65. The number of carbonyl (C=O) groups is 1. The van der Waals surface area contributed by atoms with E-state index in [4.69, 9.17) is 15.9 Å². The average Bonchev–Trinajstić information content (AvgIpc) is 2.78. The molecule has 0 aliphatic heterocycles. The smallest absolute Gasteiger partial charge is 0.323 e. The zero-order valence-corrected chi connectivity index (χ0v) is 19.9. The molecule has 0 bridgehead atoms. The Balaban J connectivity index is 1.90. The van der Waals surface area contributed by atoms with E-state index in [0.717, 1.165) is 0 Å². The number of rotatable bonds is 7. The number of urea groups is 1. The van der Waals surface area contributed by atoms with Crippen molar-refractivity contribution < 1.29 is 13.9 Å². The molecule has 1 aromatic heterocycles. The topological polar surface area (TPSA) is 138 Å². The maximum atomic E-state index is 14.6. The number of halogens is 1. The maximum Gasteiger partial charge on any atom is 0.323 e. The monoisotopic (exact) mass is 477 g/mol. The maximum absolute atomic E-state index is 14.6. The van der Waals surface area contributed by atoms with Gasteiger partial charge < -0.3 is 26.4 Å². The molecule has 182 valence electrons. The Morgan fingerprint density at radius 1 is 1.09 bits per heavy atom. The van der Waals surface area contributed by atoms with E-state index in [1.165, 1.54) is 18.3 Å². The van der Waals surface area contributed by atoms with Gasteiger partial charge in [-0.15, -0.1) is 0 Å². The molecule has 0 aliphatic carbocycles. The molecular formula is C25H28FN7O2. The van der Waals surface area contributed by atoms with Gasteiger partial charge in [0.2, 0.25) is 5.95 Å². The van der Waals surface area contributed by atoms with E-state index in [1.807, 2.05) is 20.8 Å². The van der Waals surface area contributed by atoms with E-state index in [2.05, 4.69) is 25.9 Å². The molecule has 0 aliphatic rings. The van der Waals surface area contributed by atoms with Crippen molar-refractivity contribution in [2.24, 2.45) is 0 Å². The number of benzene rings is 2. The molecule has 0 atom stereocenters. The van der Waals surface area contributed by atoms with Crippen molar-refractivity contribution in [1.29, 1.82) is 5.41 Å². The van der Waals surface area contributed by atoms with Crippen molar-refractivity contribution in [3.05, 3.63) is 78.0 Å². The van der Waals surface area contributed by atoms with Crippen LogP contribution in [0, 0.1) is 11.2 Å². The van der Waals surface area contributed by atoms with Crippen molar-refractivity contribution in [3.8, 4) is 5.75 Å². The minimum Gasteiger partial charge on any atom is -0.497 e. The predicted molar refractivity (Wildman–Crippen MR) is 136 cm³/mol. The predicted octanol–water partition coefficient (Wildman–Crippen LogP) is 4.65. The fourth-order valence-corrected chi connectivity index (χ4v) is 3.02. The number of hydrogen-bond acceptors (Lipinski definition) is 7. The van der Waals surface area contributed by atoms with Crippen LogP contribution in [0.5, 0.6) is 5.75 Å².